The van der Waals surface area contributed by atoms with Crippen LogP contribution in [-0.4, -0.2) is 104 Å². The highest BCUT2D eigenvalue weighted by Crippen LogP contribution is 2.30. The van der Waals surface area contributed by atoms with Crippen molar-refractivity contribution < 1.29 is 33.1 Å². The van der Waals surface area contributed by atoms with Gasteiger partial charge in [-0.15, -0.1) is 11.3 Å². The smallest absolute Gasteiger partial charge is 0.336 e. The number of benzene rings is 2. The number of aromatic nitrogens is 3. The van der Waals surface area contributed by atoms with Crippen molar-refractivity contribution in [1.82, 2.24) is 35.4 Å². The minimum Gasteiger partial charge on any atom is -0.423 e. The Labute approximate surface area is 380 Å². The first kappa shape index (κ1) is 46.7. The molecule has 0 bridgehead atoms. The summed E-state index contributed by atoms with van der Waals surface area (Å²) in [4.78, 5) is 84.7. The van der Waals surface area contributed by atoms with Crippen molar-refractivity contribution in [3.63, 3.8) is 0 Å². The second-order valence-corrected chi connectivity index (χ2v) is 18.7. The number of fused-ring (bicyclic) bond motifs is 1. The van der Waals surface area contributed by atoms with Gasteiger partial charge in [0.05, 0.1) is 34.4 Å². The number of piperazine rings is 1. The van der Waals surface area contributed by atoms with Crippen LogP contribution in [0.25, 0.3) is 21.4 Å². The number of hydrogen-bond acceptors (Lipinski definition) is 13. The second kappa shape index (κ2) is 20.3. The highest BCUT2D eigenvalue weighted by molar-refractivity contribution is 7.13. The number of rotatable bonds is 15. The van der Waals surface area contributed by atoms with Crippen LogP contribution >= 0.6 is 11.3 Å². The summed E-state index contributed by atoms with van der Waals surface area (Å²) in [5.41, 5.74) is 4.52. The van der Waals surface area contributed by atoms with Gasteiger partial charge in [-0.3, -0.25) is 19.2 Å². The molecule has 2 aliphatic heterocycles. The molecule has 344 valence electrons. The van der Waals surface area contributed by atoms with Crippen molar-refractivity contribution in [1.29, 1.82) is 0 Å². The van der Waals surface area contributed by atoms with Gasteiger partial charge in [0.1, 0.15) is 17.7 Å². The number of likely N-dealkylation sites (tertiary alicyclic amines) is 1. The first-order valence-corrected chi connectivity index (χ1v) is 22.9. The Hall–Kier alpha value is -6.27. The van der Waals surface area contributed by atoms with E-state index < -0.39 is 41.0 Å². The summed E-state index contributed by atoms with van der Waals surface area (Å²) in [5.74, 6) is -1.41. The van der Waals surface area contributed by atoms with E-state index in [4.69, 9.17) is 4.42 Å². The van der Waals surface area contributed by atoms with E-state index in [2.05, 4.69) is 30.9 Å². The van der Waals surface area contributed by atoms with Gasteiger partial charge >= 0.3 is 5.63 Å². The van der Waals surface area contributed by atoms with E-state index in [1.807, 2.05) is 69.3 Å². The number of hydrogen-bond donors (Lipinski definition) is 4. The number of nitrogens with one attached hydrogen (secondary N) is 3. The Morgan fingerprint density at radius 3 is 2.40 bits per heavy atom. The number of aryl methyl sites for hydroxylation is 1. The van der Waals surface area contributed by atoms with Crippen LogP contribution in [0.1, 0.15) is 83.5 Å². The third kappa shape index (κ3) is 11.5. The maximum atomic E-state index is 14.8. The van der Waals surface area contributed by atoms with Gasteiger partial charge in [0.15, 0.2) is 11.6 Å². The lowest BCUT2D eigenvalue weighted by Gasteiger charge is -2.35. The average Bonchev–Trinajstić information content (AvgIpc) is 3.90. The molecular formula is C47H56FN9O7S. The molecule has 2 fully saturated rings. The molecule has 2 aliphatic rings. The van der Waals surface area contributed by atoms with Crippen LogP contribution < -0.4 is 26.5 Å². The number of carbonyl (C=O) groups is 4. The predicted molar refractivity (Wildman–Crippen MR) is 246 cm³/mol. The van der Waals surface area contributed by atoms with Gasteiger partial charge in [-0.25, -0.2) is 19.2 Å². The van der Waals surface area contributed by atoms with Gasteiger partial charge in [0, 0.05) is 69.1 Å². The van der Waals surface area contributed by atoms with Crippen molar-refractivity contribution in [3.05, 3.63) is 93.8 Å². The van der Waals surface area contributed by atoms with Crippen LogP contribution in [0.4, 0.5) is 21.8 Å². The van der Waals surface area contributed by atoms with Crippen molar-refractivity contribution in [3.8, 4) is 10.4 Å². The molecule has 7 rings (SSSR count). The zero-order valence-corrected chi connectivity index (χ0v) is 38.1. The Morgan fingerprint density at radius 1 is 0.954 bits per heavy atom. The Kier molecular flexibility index (Phi) is 14.6. The van der Waals surface area contributed by atoms with Gasteiger partial charge in [-0.2, -0.15) is 4.98 Å². The normalized spacial score (nSPS) is 17.5. The lowest BCUT2D eigenvalue weighted by atomic mass is 9.85. The second-order valence-electron chi connectivity index (χ2n) is 17.8. The number of anilines is 3. The third-order valence-corrected chi connectivity index (χ3v) is 12.9. The molecular weight excluding hydrogens is 854 g/mol. The Balaban J connectivity index is 0.839. The maximum Gasteiger partial charge on any atom is 0.336 e. The molecule has 18 heteroatoms. The third-order valence-electron chi connectivity index (χ3n) is 11.9. The van der Waals surface area contributed by atoms with Crippen LogP contribution in [0.15, 0.2) is 75.5 Å². The molecule has 4 N–H and O–H groups in total. The van der Waals surface area contributed by atoms with E-state index in [9.17, 15) is 33.5 Å². The van der Waals surface area contributed by atoms with Crippen LogP contribution in [0.2, 0.25) is 0 Å². The molecule has 5 heterocycles. The number of amides is 4. The van der Waals surface area contributed by atoms with Gasteiger partial charge in [0.25, 0.3) is 0 Å². The number of carbonyl (C=O) groups excluding carboxylic acids is 4. The zero-order valence-electron chi connectivity index (χ0n) is 37.3. The summed E-state index contributed by atoms with van der Waals surface area (Å²) in [6, 6.07) is 13.7. The molecule has 2 aromatic carbocycles. The van der Waals surface area contributed by atoms with Crippen LogP contribution in [0.3, 0.4) is 0 Å². The van der Waals surface area contributed by atoms with Crippen molar-refractivity contribution in [2.24, 2.45) is 5.41 Å². The molecule has 0 aliphatic carbocycles. The summed E-state index contributed by atoms with van der Waals surface area (Å²) in [6.45, 7) is 11.2. The molecule has 5 aromatic rings. The molecule has 4 atom stereocenters. The van der Waals surface area contributed by atoms with Crippen LogP contribution in [0, 0.1) is 18.2 Å². The van der Waals surface area contributed by atoms with E-state index in [-0.39, 0.29) is 49.0 Å². The molecule has 0 saturated carbocycles. The predicted octanol–water partition coefficient (Wildman–Crippen LogP) is 5.87. The van der Waals surface area contributed by atoms with Gasteiger partial charge in [-0.1, -0.05) is 51.5 Å². The summed E-state index contributed by atoms with van der Waals surface area (Å²) in [6.07, 6.45) is 2.52. The molecule has 3 aromatic heterocycles. The van der Waals surface area contributed by atoms with Gasteiger partial charge < -0.3 is 40.2 Å². The zero-order chi connectivity index (χ0) is 46.4. The molecule has 16 nitrogen and oxygen atoms in total. The summed E-state index contributed by atoms with van der Waals surface area (Å²) < 4.78 is 19.9. The summed E-state index contributed by atoms with van der Waals surface area (Å²) >= 11 is 1.57. The van der Waals surface area contributed by atoms with Gasteiger partial charge in [0.2, 0.25) is 29.6 Å². The van der Waals surface area contributed by atoms with E-state index in [0.717, 1.165) is 27.9 Å². The van der Waals surface area contributed by atoms with E-state index in [0.29, 0.717) is 74.5 Å². The summed E-state index contributed by atoms with van der Waals surface area (Å²) in [7, 11) is 0. The standard InChI is InChI=1S/C47H56FN9O7S/c1-28(30-11-13-31(14-12-30)41-29(2)50-27-65-41)51-44(62)36-24-34(58)26-57(36)45(63)42(47(3,4)5)53-38(59)9-7-6-8-10-39(60)55-19-21-56(22-20-55)46-49-25-35(48)43(54-46)52-33-16-17-37-32(23-33)15-18-40(61)64-37/h11-18,23,25,27-28,34,36,42,58H,6-10,19-22,24,26H2,1-5H3,(H,51,62)(H,53,59)(H,49,52,54)/t28-,34+,36-,42+/m0/s1. The fourth-order valence-electron chi connectivity index (χ4n) is 8.19. The molecule has 0 spiro atoms. The summed E-state index contributed by atoms with van der Waals surface area (Å²) in [5, 5.41) is 20.2. The number of β-amino-alcohol motifs (C(OH)–C–C–N with tert-alkyl or cyclic N) is 1. The fourth-order valence-corrected chi connectivity index (χ4v) is 9.00. The first-order chi connectivity index (χ1) is 31.0. The maximum absolute atomic E-state index is 14.8. The van der Waals surface area contributed by atoms with E-state index in [1.165, 1.54) is 11.0 Å². The number of nitrogens with zero attached hydrogens (tertiary/aromatic N) is 6. The van der Waals surface area contributed by atoms with Crippen LogP contribution in [0.5, 0.6) is 0 Å². The first-order valence-electron chi connectivity index (χ1n) is 22.0. The average molecular weight is 910 g/mol. The molecule has 0 radical (unpaired) electrons. The van der Waals surface area contributed by atoms with E-state index >= 15 is 0 Å². The molecule has 65 heavy (non-hydrogen) atoms. The van der Waals surface area contributed by atoms with Crippen molar-refractivity contribution in [2.45, 2.75) is 97.4 Å². The Bertz CT molecular complexity index is 2570. The topological polar surface area (TPSA) is 203 Å². The lowest BCUT2D eigenvalue weighted by Crippen LogP contribution is -2.57. The largest absolute Gasteiger partial charge is 0.423 e. The van der Waals surface area contributed by atoms with Crippen molar-refractivity contribution >= 4 is 63.4 Å². The fraction of sp³-hybridized carbons (Fsp3) is 0.447. The molecule has 4 amide bonds. The molecule has 0 unspecified atom stereocenters. The minimum atomic E-state index is -0.935. The van der Waals surface area contributed by atoms with Crippen LogP contribution in [-0.2, 0) is 19.2 Å². The van der Waals surface area contributed by atoms with Gasteiger partial charge in [-0.05, 0) is 67.5 Å². The SMILES string of the molecule is Cc1ncsc1-c1ccc([C@H](C)NC(=O)[C@@H]2C[C@@H](O)CN2C(=O)[C@@H](NC(=O)CCCCCC(=O)N2CCN(c3ncc(F)c(Nc4ccc5oc(=O)ccc5c4)n3)CC2)C(C)(C)C)cc1. The highest BCUT2D eigenvalue weighted by atomic mass is 32.1. The van der Waals surface area contributed by atoms with E-state index in [1.54, 1.807) is 40.5 Å². The minimum absolute atomic E-state index is 0.00249. The number of halogens is 1. The number of aliphatic hydroxyl groups excluding tert-OH is 1. The lowest BCUT2D eigenvalue weighted by molar-refractivity contribution is -0.144. The quantitative estimate of drug-likeness (QED) is 0.0721. The number of thiazole rings is 1. The number of unbranched alkanes of at least 4 members (excludes halogenated alkanes) is 2. The highest BCUT2D eigenvalue weighted by Gasteiger charge is 2.44. The molecule has 2 saturated heterocycles. The number of aliphatic hydroxyl groups is 1. The van der Waals surface area contributed by atoms with Crippen molar-refractivity contribution in [2.75, 3.05) is 42.9 Å². The Morgan fingerprint density at radius 2 is 1.69 bits per heavy atom. The monoisotopic (exact) mass is 909 g/mol.